The van der Waals surface area contributed by atoms with E-state index in [0.717, 1.165) is 27.8 Å². The summed E-state index contributed by atoms with van der Waals surface area (Å²) in [6.07, 6.45) is 4.88. The largest absolute Gasteiger partial charge is 0.363 e. The molecule has 2 aromatic carbocycles. The number of nitriles is 1. The van der Waals surface area contributed by atoms with Gasteiger partial charge in [-0.2, -0.15) is 5.26 Å². The Labute approximate surface area is 157 Å². The van der Waals surface area contributed by atoms with Crippen molar-refractivity contribution in [1.29, 1.82) is 5.26 Å². The monoisotopic (exact) mass is 351 g/mol. The first-order valence-corrected chi connectivity index (χ1v) is 8.66. The Balaban J connectivity index is 1.74. The highest BCUT2D eigenvalue weighted by molar-refractivity contribution is 5.92. The van der Waals surface area contributed by atoms with Crippen molar-refractivity contribution >= 4 is 16.7 Å². The van der Waals surface area contributed by atoms with Crippen molar-refractivity contribution in [2.75, 3.05) is 5.32 Å². The Morgan fingerprint density at radius 3 is 2.63 bits per heavy atom. The van der Waals surface area contributed by atoms with Crippen LogP contribution in [0.3, 0.4) is 0 Å². The van der Waals surface area contributed by atoms with E-state index in [9.17, 15) is 0 Å². The summed E-state index contributed by atoms with van der Waals surface area (Å²) in [5.74, 6) is 0.780. The van der Waals surface area contributed by atoms with Gasteiger partial charge in [0.2, 0.25) is 0 Å². The molecule has 0 fully saturated rings. The molecule has 1 N–H and O–H groups in total. The lowest BCUT2D eigenvalue weighted by Crippen LogP contribution is -2.08. The quantitative estimate of drug-likeness (QED) is 0.575. The topological polar surface area (TPSA) is 74.5 Å². The third-order valence-corrected chi connectivity index (χ3v) is 4.49. The molecule has 27 heavy (non-hydrogen) atoms. The minimum absolute atomic E-state index is 0.108. The molecule has 4 aromatic rings. The fraction of sp³-hybridized carbons (Fsp3) is 0.0909. The molecule has 0 spiro atoms. The van der Waals surface area contributed by atoms with E-state index >= 15 is 0 Å². The maximum absolute atomic E-state index is 9.11. The first-order valence-electron chi connectivity index (χ1n) is 8.66. The van der Waals surface area contributed by atoms with Crippen molar-refractivity contribution < 1.29 is 0 Å². The number of hydrogen-bond donors (Lipinski definition) is 1. The van der Waals surface area contributed by atoms with Gasteiger partial charge in [-0.1, -0.05) is 36.4 Å². The minimum atomic E-state index is 0.108. The Morgan fingerprint density at radius 2 is 1.81 bits per heavy atom. The van der Waals surface area contributed by atoms with Gasteiger partial charge in [0.15, 0.2) is 0 Å². The Hall–Kier alpha value is -3.78. The van der Waals surface area contributed by atoms with E-state index in [0.29, 0.717) is 5.56 Å². The first-order chi connectivity index (χ1) is 13.2. The average Bonchev–Trinajstić information content (AvgIpc) is 2.74. The Bertz CT molecular complexity index is 1130. The first kappa shape index (κ1) is 16.7. The molecule has 1 atom stereocenters. The molecule has 2 heterocycles. The van der Waals surface area contributed by atoms with Gasteiger partial charge in [-0.3, -0.25) is 4.98 Å². The van der Waals surface area contributed by atoms with Gasteiger partial charge in [-0.25, -0.2) is 9.97 Å². The van der Waals surface area contributed by atoms with Gasteiger partial charge in [0, 0.05) is 29.4 Å². The van der Waals surface area contributed by atoms with Crippen molar-refractivity contribution in [3.05, 3.63) is 84.4 Å². The fourth-order valence-electron chi connectivity index (χ4n) is 3.04. The van der Waals surface area contributed by atoms with Crippen molar-refractivity contribution in [3.8, 4) is 17.2 Å². The average molecular weight is 351 g/mol. The molecule has 0 aliphatic rings. The van der Waals surface area contributed by atoms with Crippen LogP contribution in [-0.2, 0) is 0 Å². The number of benzene rings is 2. The van der Waals surface area contributed by atoms with Crippen molar-refractivity contribution in [2.45, 2.75) is 13.0 Å². The molecule has 0 saturated heterocycles. The number of nitrogens with one attached hydrogen (secondary N) is 1. The third-order valence-electron chi connectivity index (χ3n) is 4.49. The van der Waals surface area contributed by atoms with Crippen LogP contribution in [0.1, 0.15) is 24.1 Å². The van der Waals surface area contributed by atoms with Gasteiger partial charge >= 0.3 is 0 Å². The van der Waals surface area contributed by atoms with Gasteiger partial charge in [-0.15, -0.1) is 0 Å². The lowest BCUT2D eigenvalue weighted by molar-refractivity contribution is 0.876. The molecule has 5 heteroatoms. The van der Waals surface area contributed by atoms with Crippen LogP contribution in [0.15, 0.2) is 73.3 Å². The number of anilines is 1. The maximum Gasteiger partial charge on any atom is 0.137 e. The Morgan fingerprint density at radius 1 is 0.963 bits per heavy atom. The summed E-state index contributed by atoms with van der Waals surface area (Å²) < 4.78 is 0. The van der Waals surface area contributed by atoms with Crippen LogP contribution in [0.5, 0.6) is 0 Å². The molecule has 0 amide bonds. The summed E-state index contributed by atoms with van der Waals surface area (Å²) in [4.78, 5) is 13.0. The summed E-state index contributed by atoms with van der Waals surface area (Å²) in [5.41, 5.74) is 4.44. The molecule has 5 nitrogen and oxygen atoms in total. The van der Waals surface area contributed by atoms with Crippen LogP contribution in [-0.4, -0.2) is 15.0 Å². The van der Waals surface area contributed by atoms with Crippen LogP contribution >= 0.6 is 0 Å². The van der Waals surface area contributed by atoms with E-state index in [1.54, 1.807) is 18.7 Å². The number of pyridine rings is 1. The number of hydrogen-bond acceptors (Lipinski definition) is 5. The van der Waals surface area contributed by atoms with Gasteiger partial charge < -0.3 is 5.32 Å². The fourth-order valence-corrected chi connectivity index (χ4v) is 3.04. The standard InChI is InChI=1S/C22H17N5/c1-15(17-5-3-2-4-6-17)27-22-20-10-18(7-8-21(20)25-14-26-22)19-9-16(11-23)12-24-13-19/h2-10,12-15H,1H3,(H,25,26,27). The summed E-state index contributed by atoms with van der Waals surface area (Å²) in [5, 5.41) is 13.5. The van der Waals surface area contributed by atoms with Crippen molar-refractivity contribution in [3.63, 3.8) is 0 Å². The van der Waals surface area contributed by atoms with Gasteiger partial charge in [0.1, 0.15) is 18.2 Å². The molecule has 0 bridgehead atoms. The zero-order valence-corrected chi connectivity index (χ0v) is 14.8. The lowest BCUT2D eigenvalue weighted by Gasteiger charge is -2.16. The maximum atomic E-state index is 9.11. The number of rotatable bonds is 4. The SMILES string of the molecule is CC(Nc1ncnc2ccc(-c3cncc(C#N)c3)cc12)c1ccccc1. The van der Waals surface area contributed by atoms with Crippen LogP contribution in [0.2, 0.25) is 0 Å². The molecule has 1 unspecified atom stereocenters. The van der Waals surface area contributed by atoms with Gasteiger partial charge in [-0.05, 0) is 36.2 Å². The zero-order valence-electron chi connectivity index (χ0n) is 14.8. The van der Waals surface area contributed by atoms with E-state index in [1.807, 2.05) is 42.5 Å². The molecule has 0 saturated carbocycles. The second-order valence-corrected chi connectivity index (χ2v) is 6.31. The highest BCUT2D eigenvalue weighted by Crippen LogP contribution is 2.28. The summed E-state index contributed by atoms with van der Waals surface area (Å²) in [7, 11) is 0. The molecule has 2 aromatic heterocycles. The summed E-state index contributed by atoms with van der Waals surface area (Å²) >= 11 is 0. The van der Waals surface area contributed by atoms with Crippen LogP contribution in [0, 0.1) is 11.3 Å². The third kappa shape index (κ3) is 3.46. The molecule has 130 valence electrons. The number of nitrogens with zero attached hydrogens (tertiary/aromatic N) is 4. The van der Waals surface area contributed by atoms with Crippen molar-refractivity contribution in [2.24, 2.45) is 0 Å². The second kappa shape index (κ2) is 7.22. The predicted octanol–water partition coefficient (Wildman–Crippen LogP) is 4.74. The predicted molar refractivity (Wildman–Crippen MR) is 106 cm³/mol. The van der Waals surface area contributed by atoms with E-state index in [2.05, 4.69) is 45.4 Å². The van der Waals surface area contributed by atoms with Crippen LogP contribution in [0.4, 0.5) is 5.82 Å². The van der Waals surface area contributed by atoms with Crippen molar-refractivity contribution in [1.82, 2.24) is 15.0 Å². The molecule has 0 aliphatic heterocycles. The van der Waals surface area contributed by atoms with Gasteiger partial charge in [0.05, 0.1) is 11.1 Å². The van der Waals surface area contributed by atoms with E-state index < -0.39 is 0 Å². The van der Waals surface area contributed by atoms with Crippen LogP contribution in [0.25, 0.3) is 22.0 Å². The van der Waals surface area contributed by atoms with E-state index in [1.165, 1.54) is 5.56 Å². The highest BCUT2D eigenvalue weighted by Gasteiger charge is 2.10. The molecule has 4 rings (SSSR count). The van der Waals surface area contributed by atoms with Gasteiger partial charge in [0.25, 0.3) is 0 Å². The summed E-state index contributed by atoms with van der Waals surface area (Å²) in [6.45, 7) is 2.10. The molecule has 0 aliphatic carbocycles. The molecular weight excluding hydrogens is 334 g/mol. The van der Waals surface area contributed by atoms with E-state index in [-0.39, 0.29) is 6.04 Å². The highest BCUT2D eigenvalue weighted by atomic mass is 15.0. The molecule has 0 radical (unpaired) electrons. The molecular formula is C22H17N5. The zero-order chi connectivity index (χ0) is 18.6. The lowest BCUT2D eigenvalue weighted by atomic mass is 10.0. The second-order valence-electron chi connectivity index (χ2n) is 6.31. The van der Waals surface area contributed by atoms with Crippen LogP contribution < -0.4 is 5.32 Å². The minimum Gasteiger partial charge on any atom is -0.363 e. The van der Waals surface area contributed by atoms with E-state index in [4.69, 9.17) is 5.26 Å². The smallest absolute Gasteiger partial charge is 0.137 e. The normalized spacial score (nSPS) is 11.7. The number of fused-ring (bicyclic) bond motifs is 1. The summed E-state index contributed by atoms with van der Waals surface area (Å²) in [6, 6.07) is 20.3. The Kier molecular flexibility index (Phi) is 4.46. The number of aromatic nitrogens is 3.